The number of hydrogen-bond donors (Lipinski definition) is 2. The third-order valence-electron chi connectivity index (χ3n) is 3.46. The van der Waals surface area contributed by atoms with E-state index in [2.05, 4.69) is 5.32 Å². The van der Waals surface area contributed by atoms with E-state index in [0.29, 0.717) is 21.2 Å². The number of nitrogens with one attached hydrogen (secondary N) is 1. The Balaban J connectivity index is 1.98. The normalized spacial score (nSPS) is 15.5. The number of amides is 2. The van der Waals surface area contributed by atoms with Gasteiger partial charge in [0, 0.05) is 15.6 Å². The fourth-order valence-corrected chi connectivity index (χ4v) is 3.51. The smallest absolute Gasteiger partial charge is 0.335 e. The summed E-state index contributed by atoms with van der Waals surface area (Å²) >= 11 is 13.3. The molecule has 1 saturated heterocycles. The Hall–Kier alpha value is -2.28. The molecule has 0 aromatic heterocycles. The number of thioether (sulfide) groups is 1. The van der Waals surface area contributed by atoms with Crippen LogP contribution in [0.25, 0.3) is 17.2 Å². The maximum Gasteiger partial charge on any atom is 0.335 e. The molecule has 1 aliphatic rings. The molecule has 0 saturated carbocycles. The molecular weight excluding hydrogens is 385 g/mol. The summed E-state index contributed by atoms with van der Waals surface area (Å²) in [4.78, 5) is 34.0. The van der Waals surface area contributed by atoms with Crippen molar-refractivity contribution in [1.82, 2.24) is 5.32 Å². The Morgan fingerprint density at radius 2 is 1.64 bits per heavy atom. The van der Waals surface area contributed by atoms with Gasteiger partial charge in [0.25, 0.3) is 11.1 Å². The summed E-state index contributed by atoms with van der Waals surface area (Å²) in [5.41, 5.74) is 2.06. The molecule has 0 aliphatic carbocycles. The van der Waals surface area contributed by atoms with Crippen molar-refractivity contribution in [2.75, 3.05) is 0 Å². The topological polar surface area (TPSA) is 83.5 Å². The van der Waals surface area contributed by atoms with E-state index in [0.717, 1.165) is 17.3 Å². The third-order valence-corrected chi connectivity index (χ3v) is 4.90. The van der Waals surface area contributed by atoms with Crippen molar-refractivity contribution < 1.29 is 19.5 Å². The highest BCUT2D eigenvalue weighted by atomic mass is 35.5. The van der Waals surface area contributed by atoms with Crippen molar-refractivity contribution in [3.05, 3.63) is 62.5 Å². The monoisotopic (exact) mass is 393 g/mol. The minimum absolute atomic E-state index is 0.177. The summed E-state index contributed by atoms with van der Waals surface area (Å²) in [6.45, 7) is 0. The third kappa shape index (κ3) is 3.71. The van der Waals surface area contributed by atoms with E-state index in [9.17, 15) is 14.4 Å². The van der Waals surface area contributed by atoms with E-state index in [1.165, 1.54) is 18.2 Å². The standard InChI is InChI=1S/C17H9Cl2NO4S/c18-12-5-10(8-1-3-9(4-2-8)16(22)23)6-13(19)11(12)7-14-15(21)20-17(24)25-14/h1-7H,(H,22,23)(H,20,21,24)/b14-7+. The number of carbonyl (C=O) groups is 3. The van der Waals surface area contributed by atoms with Crippen molar-refractivity contribution in [1.29, 1.82) is 0 Å². The number of halogens is 2. The van der Waals surface area contributed by atoms with Crippen LogP contribution in [0.15, 0.2) is 41.3 Å². The minimum Gasteiger partial charge on any atom is -0.478 e. The molecular formula is C17H9Cl2NO4S. The summed E-state index contributed by atoms with van der Waals surface area (Å²) in [6.07, 6.45) is 1.47. The van der Waals surface area contributed by atoms with Gasteiger partial charge in [-0.3, -0.25) is 14.9 Å². The number of carboxylic acid groups (broad SMARTS) is 1. The van der Waals surface area contributed by atoms with Crippen LogP contribution in [0.3, 0.4) is 0 Å². The molecule has 1 heterocycles. The second kappa shape index (κ2) is 6.92. The number of rotatable bonds is 3. The summed E-state index contributed by atoms with van der Waals surface area (Å²) in [5.74, 6) is -1.50. The first-order valence-electron chi connectivity index (χ1n) is 6.93. The molecule has 8 heteroatoms. The maximum absolute atomic E-state index is 11.6. The van der Waals surface area contributed by atoms with E-state index in [1.807, 2.05) is 0 Å². The van der Waals surface area contributed by atoms with E-state index >= 15 is 0 Å². The summed E-state index contributed by atoms with van der Waals surface area (Å²) in [7, 11) is 0. The van der Waals surface area contributed by atoms with Crippen LogP contribution in [0.1, 0.15) is 15.9 Å². The second-order valence-corrected chi connectivity index (χ2v) is 6.92. The van der Waals surface area contributed by atoms with E-state index in [-0.39, 0.29) is 10.5 Å². The molecule has 2 aromatic rings. The van der Waals surface area contributed by atoms with Crippen molar-refractivity contribution in [2.45, 2.75) is 0 Å². The van der Waals surface area contributed by atoms with Gasteiger partial charge in [-0.2, -0.15) is 0 Å². The highest BCUT2D eigenvalue weighted by Crippen LogP contribution is 2.35. The molecule has 2 aromatic carbocycles. The zero-order chi connectivity index (χ0) is 18.1. The molecule has 126 valence electrons. The molecule has 2 N–H and O–H groups in total. The minimum atomic E-state index is -1.01. The lowest BCUT2D eigenvalue weighted by Gasteiger charge is -2.08. The number of aromatic carboxylic acids is 1. The molecule has 1 fully saturated rings. The molecule has 0 spiro atoms. The van der Waals surface area contributed by atoms with Crippen LogP contribution in [-0.4, -0.2) is 22.2 Å². The summed E-state index contributed by atoms with van der Waals surface area (Å²) in [6, 6.07) is 9.61. The fraction of sp³-hybridized carbons (Fsp3) is 0. The van der Waals surface area contributed by atoms with Crippen LogP contribution in [0.4, 0.5) is 4.79 Å². The van der Waals surface area contributed by atoms with E-state index in [1.54, 1.807) is 24.3 Å². The predicted octanol–water partition coefficient (Wildman–Crippen LogP) is 4.68. The van der Waals surface area contributed by atoms with Gasteiger partial charge < -0.3 is 5.11 Å². The Morgan fingerprint density at radius 3 is 2.12 bits per heavy atom. The van der Waals surface area contributed by atoms with Gasteiger partial charge in [-0.25, -0.2) is 4.79 Å². The number of carboxylic acids is 1. The number of imide groups is 1. The molecule has 1 aliphatic heterocycles. The molecule has 0 bridgehead atoms. The second-order valence-electron chi connectivity index (χ2n) is 5.09. The van der Waals surface area contributed by atoms with Crippen LogP contribution in [-0.2, 0) is 4.79 Å². The molecule has 0 atom stereocenters. The van der Waals surface area contributed by atoms with Crippen LogP contribution >= 0.6 is 35.0 Å². The first-order valence-corrected chi connectivity index (χ1v) is 8.50. The first kappa shape index (κ1) is 17.5. The average Bonchev–Trinajstić information content (AvgIpc) is 2.88. The zero-order valence-corrected chi connectivity index (χ0v) is 14.7. The SMILES string of the molecule is O=C1NC(=O)/C(=C\c2c(Cl)cc(-c3ccc(C(=O)O)cc3)cc2Cl)S1. The molecule has 0 radical (unpaired) electrons. The van der Waals surface area contributed by atoms with Crippen molar-refractivity contribution in [2.24, 2.45) is 0 Å². The Morgan fingerprint density at radius 1 is 1.04 bits per heavy atom. The van der Waals surface area contributed by atoms with Crippen LogP contribution in [0, 0.1) is 0 Å². The number of hydrogen-bond acceptors (Lipinski definition) is 4. The summed E-state index contributed by atoms with van der Waals surface area (Å²) < 4.78 is 0. The van der Waals surface area contributed by atoms with Crippen LogP contribution < -0.4 is 5.32 Å². The zero-order valence-electron chi connectivity index (χ0n) is 12.4. The van der Waals surface area contributed by atoms with Gasteiger partial charge in [0.05, 0.1) is 10.5 Å². The maximum atomic E-state index is 11.6. The largest absolute Gasteiger partial charge is 0.478 e. The lowest BCUT2D eigenvalue weighted by Crippen LogP contribution is -2.17. The molecule has 25 heavy (non-hydrogen) atoms. The highest BCUT2D eigenvalue weighted by Gasteiger charge is 2.25. The van der Waals surface area contributed by atoms with Gasteiger partial charge in [0.2, 0.25) is 0 Å². The van der Waals surface area contributed by atoms with Gasteiger partial charge in [-0.05, 0) is 53.2 Å². The summed E-state index contributed by atoms with van der Waals surface area (Å²) in [5, 5.41) is 11.3. The number of carbonyl (C=O) groups excluding carboxylic acids is 2. The van der Waals surface area contributed by atoms with Gasteiger partial charge in [-0.15, -0.1) is 0 Å². The fourth-order valence-electron chi connectivity index (χ4n) is 2.25. The first-order chi connectivity index (χ1) is 11.8. The predicted molar refractivity (Wildman–Crippen MR) is 98.0 cm³/mol. The van der Waals surface area contributed by atoms with E-state index < -0.39 is 17.1 Å². The van der Waals surface area contributed by atoms with Gasteiger partial charge in [0.1, 0.15) is 0 Å². The molecule has 0 unspecified atom stereocenters. The van der Waals surface area contributed by atoms with E-state index in [4.69, 9.17) is 28.3 Å². The highest BCUT2D eigenvalue weighted by molar-refractivity contribution is 8.18. The lowest BCUT2D eigenvalue weighted by molar-refractivity contribution is -0.115. The molecule has 5 nitrogen and oxygen atoms in total. The van der Waals surface area contributed by atoms with Crippen LogP contribution in [0.2, 0.25) is 10.0 Å². The van der Waals surface area contributed by atoms with Gasteiger partial charge in [-0.1, -0.05) is 35.3 Å². The average molecular weight is 394 g/mol. The Labute approximate surface area is 156 Å². The van der Waals surface area contributed by atoms with Gasteiger partial charge >= 0.3 is 5.97 Å². The van der Waals surface area contributed by atoms with Crippen molar-refractivity contribution in [3.63, 3.8) is 0 Å². The Bertz CT molecular complexity index is 915. The lowest BCUT2D eigenvalue weighted by atomic mass is 10.0. The molecule has 3 rings (SSSR count). The van der Waals surface area contributed by atoms with Crippen LogP contribution in [0.5, 0.6) is 0 Å². The number of benzene rings is 2. The molecule has 2 amide bonds. The van der Waals surface area contributed by atoms with Crippen molar-refractivity contribution >= 4 is 58.2 Å². The van der Waals surface area contributed by atoms with Gasteiger partial charge in [0.15, 0.2) is 0 Å². The quantitative estimate of drug-likeness (QED) is 0.739. The van der Waals surface area contributed by atoms with Crippen molar-refractivity contribution in [3.8, 4) is 11.1 Å². The Kier molecular flexibility index (Phi) is 4.85.